The number of H-pyrrole nitrogens is 1. The minimum atomic E-state index is -0.0558. The van der Waals surface area contributed by atoms with Crippen LogP contribution in [0.2, 0.25) is 5.02 Å². The molecule has 1 atom stereocenters. The maximum atomic E-state index is 12.0. The third kappa shape index (κ3) is 1.84. The van der Waals surface area contributed by atoms with E-state index in [1.54, 1.807) is 6.07 Å². The molecule has 0 aliphatic carbocycles. The van der Waals surface area contributed by atoms with E-state index >= 15 is 0 Å². The number of benzene rings is 1. The van der Waals surface area contributed by atoms with Gasteiger partial charge in [-0.15, -0.1) is 0 Å². The van der Waals surface area contributed by atoms with Crippen molar-refractivity contribution in [2.75, 3.05) is 13.1 Å². The Hall–Kier alpha value is -1.32. The van der Waals surface area contributed by atoms with Gasteiger partial charge < -0.3 is 10.3 Å². The first-order chi connectivity index (χ1) is 8.66. The first-order valence-electron chi connectivity index (χ1n) is 6.19. The van der Waals surface area contributed by atoms with Crippen LogP contribution in [0.3, 0.4) is 0 Å². The summed E-state index contributed by atoms with van der Waals surface area (Å²) in [5.41, 5.74) is 2.18. The highest BCUT2D eigenvalue weighted by molar-refractivity contribution is 6.31. The second kappa shape index (κ2) is 4.41. The van der Waals surface area contributed by atoms with Crippen LogP contribution < -0.4 is 10.9 Å². The number of fused-ring (bicyclic) bond motifs is 1. The zero-order valence-electron chi connectivity index (χ0n) is 10.2. The van der Waals surface area contributed by atoms with E-state index in [1.807, 2.05) is 19.1 Å². The molecule has 1 unspecified atom stereocenters. The quantitative estimate of drug-likeness (QED) is 0.830. The highest BCUT2D eigenvalue weighted by Gasteiger charge is 2.21. The summed E-state index contributed by atoms with van der Waals surface area (Å²) in [6.07, 6.45) is 1.12. The van der Waals surface area contributed by atoms with E-state index in [4.69, 9.17) is 11.6 Å². The molecule has 2 heterocycles. The van der Waals surface area contributed by atoms with Gasteiger partial charge in [-0.25, -0.2) is 0 Å². The van der Waals surface area contributed by atoms with Crippen molar-refractivity contribution in [2.45, 2.75) is 19.3 Å². The zero-order chi connectivity index (χ0) is 12.7. The van der Waals surface area contributed by atoms with E-state index in [-0.39, 0.29) is 5.56 Å². The molecule has 94 valence electrons. The van der Waals surface area contributed by atoms with Crippen molar-refractivity contribution in [3.05, 3.63) is 44.8 Å². The van der Waals surface area contributed by atoms with Gasteiger partial charge in [0.15, 0.2) is 0 Å². The summed E-state index contributed by atoms with van der Waals surface area (Å²) in [6, 6.07) is 5.57. The third-order valence-corrected chi connectivity index (χ3v) is 3.93. The van der Waals surface area contributed by atoms with Gasteiger partial charge in [0, 0.05) is 22.6 Å². The van der Waals surface area contributed by atoms with Crippen molar-refractivity contribution in [1.29, 1.82) is 0 Å². The number of aryl methyl sites for hydroxylation is 1. The molecule has 0 amide bonds. The molecule has 1 aliphatic heterocycles. The molecule has 2 aromatic rings. The van der Waals surface area contributed by atoms with Crippen LogP contribution in [0.15, 0.2) is 23.0 Å². The maximum absolute atomic E-state index is 12.0. The number of hydrogen-bond acceptors (Lipinski definition) is 2. The van der Waals surface area contributed by atoms with Crippen molar-refractivity contribution in [3.63, 3.8) is 0 Å². The van der Waals surface area contributed by atoms with Crippen LogP contribution in [0, 0.1) is 6.92 Å². The normalized spacial score (nSPS) is 19.6. The van der Waals surface area contributed by atoms with E-state index in [9.17, 15) is 4.79 Å². The van der Waals surface area contributed by atoms with E-state index in [0.29, 0.717) is 16.3 Å². The molecule has 0 spiro atoms. The fourth-order valence-corrected chi connectivity index (χ4v) is 3.05. The maximum Gasteiger partial charge on any atom is 0.256 e. The van der Waals surface area contributed by atoms with Crippen LogP contribution in [0.1, 0.15) is 23.6 Å². The second-order valence-electron chi connectivity index (χ2n) is 4.87. The lowest BCUT2D eigenvalue weighted by atomic mass is 9.92. The van der Waals surface area contributed by atoms with Crippen LogP contribution in [0.4, 0.5) is 0 Å². The summed E-state index contributed by atoms with van der Waals surface area (Å²) in [4.78, 5) is 14.9. The summed E-state index contributed by atoms with van der Waals surface area (Å²) < 4.78 is 0. The molecule has 1 aromatic heterocycles. The Kier molecular flexibility index (Phi) is 2.88. The van der Waals surface area contributed by atoms with E-state index in [1.165, 1.54) is 5.56 Å². The number of hydrogen-bond donors (Lipinski definition) is 2. The Labute approximate surface area is 110 Å². The number of aromatic amines is 1. The Bertz CT molecular complexity index is 657. The lowest BCUT2D eigenvalue weighted by Gasteiger charge is -2.15. The molecule has 0 radical (unpaired) electrons. The summed E-state index contributed by atoms with van der Waals surface area (Å²) in [5, 5.41) is 5.70. The molecular weight excluding hydrogens is 248 g/mol. The van der Waals surface area contributed by atoms with Gasteiger partial charge >= 0.3 is 0 Å². The fraction of sp³-hybridized carbons (Fsp3) is 0.357. The highest BCUT2D eigenvalue weighted by atomic mass is 35.5. The molecule has 0 bridgehead atoms. The predicted molar refractivity (Wildman–Crippen MR) is 74.5 cm³/mol. The minimum absolute atomic E-state index is 0.0558. The first-order valence-corrected chi connectivity index (χ1v) is 6.57. The van der Waals surface area contributed by atoms with Gasteiger partial charge in [-0.05, 0) is 48.9 Å². The van der Waals surface area contributed by atoms with E-state index in [2.05, 4.69) is 10.3 Å². The van der Waals surface area contributed by atoms with Crippen LogP contribution in [0.25, 0.3) is 10.8 Å². The number of rotatable bonds is 1. The SMILES string of the molecule is Cc1[nH]c(=O)c2cc(Cl)ccc2c1C1CCNC1. The van der Waals surface area contributed by atoms with Crippen molar-refractivity contribution >= 4 is 22.4 Å². The smallest absolute Gasteiger partial charge is 0.256 e. The molecule has 0 saturated carbocycles. The Morgan fingerprint density at radius 2 is 2.17 bits per heavy atom. The summed E-state index contributed by atoms with van der Waals surface area (Å²) in [5.74, 6) is 0.477. The van der Waals surface area contributed by atoms with Crippen LogP contribution in [-0.2, 0) is 0 Å². The minimum Gasteiger partial charge on any atom is -0.326 e. The van der Waals surface area contributed by atoms with Gasteiger partial charge in [-0.1, -0.05) is 17.7 Å². The van der Waals surface area contributed by atoms with E-state index in [0.717, 1.165) is 30.6 Å². The molecule has 1 aliphatic rings. The van der Waals surface area contributed by atoms with Crippen molar-refractivity contribution in [3.8, 4) is 0 Å². The first kappa shape index (κ1) is 11.8. The van der Waals surface area contributed by atoms with Crippen molar-refractivity contribution in [1.82, 2.24) is 10.3 Å². The van der Waals surface area contributed by atoms with Crippen molar-refractivity contribution in [2.24, 2.45) is 0 Å². The number of pyridine rings is 1. The lowest BCUT2D eigenvalue weighted by Crippen LogP contribution is -2.15. The number of nitrogens with one attached hydrogen (secondary N) is 2. The number of halogens is 1. The number of aromatic nitrogens is 1. The topological polar surface area (TPSA) is 44.9 Å². The molecule has 2 N–H and O–H groups in total. The Morgan fingerprint density at radius 1 is 1.33 bits per heavy atom. The van der Waals surface area contributed by atoms with Gasteiger partial charge in [-0.3, -0.25) is 4.79 Å². The van der Waals surface area contributed by atoms with Gasteiger partial charge in [0.05, 0.1) is 0 Å². The zero-order valence-corrected chi connectivity index (χ0v) is 11.0. The second-order valence-corrected chi connectivity index (χ2v) is 5.31. The molecule has 4 heteroatoms. The van der Waals surface area contributed by atoms with Crippen LogP contribution in [-0.4, -0.2) is 18.1 Å². The molecule has 1 fully saturated rings. The molecular formula is C14H15ClN2O. The van der Waals surface area contributed by atoms with Gasteiger partial charge in [0.25, 0.3) is 5.56 Å². The lowest BCUT2D eigenvalue weighted by molar-refractivity contribution is 0.757. The standard InChI is InChI=1S/C14H15ClN2O/c1-8-13(9-4-5-16-7-9)11-3-2-10(15)6-12(11)14(18)17-8/h2-3,6,9,16H,4-5,7H2,1H3,(H,17,18). The van der Waals surface area contributed by atoms with Gasteiger partial charge in [-0.2, -0.15) is 0 Å². The van der Waals surface area contributed by atoms with E-state index < -0.39 is 0 Å². The predicted octanol–water partition coefficient (Wildman–Crippen LogP) is 2.57. The Morgan fingerprint density at radius 3 is 2.89 bits per heavy atom. The Balaban J connectivity index is 2.32. The fourth-order valence-electron chi connectivity index (χ4n) is 2.87. The molecule has 3 nitrogen and oxygen atoms in total. The largest absolute Gasteiger partial charge is 0.326 e. The molecule has 1 aromatic carbocycles. The van der Waals surface area contributed by atoms with Crippen LogP contribution in [0.5, 0.6) is 0 Å². The highest BCUT2D eigenvalue weighted by Crippen LogP contribution is 2.30. The van der Waals surface area contributed by atoms with Gasteiger partial charge in [0.2, 0.25) is 0 Å². The molecule has 18 heavy (non-hydrogen) atoms. The third-order valence-electron chi connectivity index (χ3n) is 3.69. The summed E-state index contributed by atoms with van der Waals surface area (Å²) in [6.45, 7) is 3.99. The van der Waals surface area contributed by atoms with Gasteiger partial charge in [0.1, 0.15) is 0 Å². The summed E-state index contributed by atoms with van der Waals surface area (Å²) >= 11 is 5.98. The summed E-state index contributed by atoms with van der Waals surface area (Å²) in [7, 11) is 0. The monoisotopic (exact) mass is 262 g/mol. The average molecular weight is 263 g/mol. The van der Waals surface area contributed by atoms with Crippen molar-refractivity contribution < 1.29 is 0 Å². The average Bonchev–Trinajstić information content (AvgIpc) is 2.83. The molecule has 1 saturated heterocycles. The van der Waals surface area contributed by atoms with Crippen LogP contribution >= 0.6 is 11.6 Å². The molecule has 3 rings (SSSR count).